The normalized spacial score (nSPS) is 12.7. The van der Waals surface area contributed by atoms with Gasteiger partial charge in [0, 0.05) is 5.56 Å². The van der Waals surface area contributed by atoms with Crippen LogP contribution in [0.1, 0.15) is 33.8 Å². The van der Waals surface area contributed by atoms with Crippen molar-refractivity contribution >= 4 is 28.3 Å². The molecule has 0 radical (unpaired) electrons. The fourth-order valence-electron chi connectivity index (χ4n) is 3.04. The van der Waals surface area contributed by atoms with Crippen molar-refractivity contribution in [1.82, 2.24) is 9.71 Å². The van der Waals surface area contributed by atoms with Gasteiger partial charge in [-0.05, 0) is 36.6 Å². The molecule has 0 fully saturated rings. The molecule has 2 aromatic heterocycles. The van der Waals surface area contributed by atoms with Crippen LogP contribution < -0.4 is 9.57 Å². The van der Waals surface area contributed by atoms with Gasteiger partial charge in [-0.3, -0.25) is 0 Å². The maximum absolute atomic E-state index is 13.3. The van der Waals surface area contributed by atoms with E-state index >= 15 is 0 Å². The Balaban J connectivity index is 1.56. The van der Waals surface area contributed by atoms with Gasteiger partial charge in [-0.1, -0.05) is 30.3 Å². The second-order valence-electron chi connectivity index (χ2n) is 6.40. The molecule has 1 atom stereocenters. The fourth-order valence-corrected chi connectivity index (χ4v) is 3.74. The first-order valence-corrected chi connectivity index (χ1v) is 9.77. The first-order chi connectivity index (χ1) is 14.3. The number of ether oxygens (including phenoxy) is 1. The van der Waals surface area contributed by atoms with E-state index in [-0.39, 0.29) is 16.2 Å². The zero-order chi connectivity index (χ0) is 21.3. The van der Waals surface area contributed by atoms with Crippen molar-refractivity contribution in [3.8, 4) is 5.75 Å². The lowest BCUT2D eigenvalue weighted by Crippen LogP contribution is -2.19. The molecule has 154 valence electrons. The minimum atomic E-state index is -4.51. The van der Waals surface area contributed by atoms with Crippen LogP contribution in [-0.4, -0.2) is 15.7 Å². The zero-order valence-corrected chi connectivity index (χ0v) is 16.4. The molecule has 0 aliphatic rings. The largest absolute Gasteiger partial charge is 0.484 e. The molecule has 0 N–H and O–H groups in total. The number of carbonyl (C=O) groups is 1. The number of alkyl halides is 3. The molecule has 4 rings (SSSR count). The summed E-state index contributed by atoms with van der Waals surface area (Å²) in [5, 5.41) is 1.61. The van der Waals surface area contributed by atoms with Gasteiger partial charge in [0.1, 0.15) is 23.7 Å². The van der Waals surface area contributed by atoms with Crippen LogP contribution in [-0.2, 0) is 6.18 Å². The van der Waals surface area contributed by atoms with Crippen LogP contribution in [0.4, 0.5) is 13.2 Å². The highest BCUT2D eigenvalue weighted by atomic mass is 32.1. The molecular weight excluding hydrogens is 417 g/mol. The summed E-state index contributed by atoms with van der Waals surface area (Å²) in [6.07, 6.45) is -4.07. The van der Waals surface area contributed by atoms with Gasteiger partial charge in [-0.15, -0.1) is 11.3 Å². The smallest absolute Gasteiger partial charge is 0.416 e. The van der Waals surface area contributed by atoms with Crippen molar-refractivity contribution in [3.63, 3.8) is 0 Å². The molecule has 0 aliphatic carbocycles. The predicted molar refractivity (Wildman–Crippen MR) is 105 cm³/mol. The SMILES string of the molecule is C[C@@H](Oc1ccsc1C(=O)On1cnc2ccccc21)c1ccccc1C(F)(F)F. The van der Waals surface area contributed by atoms with Gasteiger partial charge in [0.2, 0.25) is 0 Å². The number of nitrogens with zero attached hydrogens (tertiary/aromatic N) is 2. The molecule has 2 heterocycles. The van der Waals surface area contributed by atoms with E-state index < -0.39 is 23.8 Å². The third-order valence-corrected chi connectivity index (χ3v) is 5.30. The Labute approximate surface area is 173 Å². The third kappa shape index (κ3) is 3.88. The van der Waals surface area contributed by atoms with Crippen molar-refractivity contribution in [3.05, 3.63) is 82.3 Å². The van der Waals surface area contributed by atoms with Crippen LogP contribution in [0.5, 0.6) is 5.75 Å². The number of fused-ring (bicyclic) bond motifs is 1. The van der Waals surface area contributed by atoms with Crippen LogP contribution >= 0.6 is 11.3 Å². The number of para-hydroxylation sites is 2. The second kappa shape index (κ2) is 7.83. The molecule has 4 aromatic rings. The van der Waals surface area contributed by atoms with Gasteiger partial charge in [-0.25, -0.2) is 9.78 Å². The van der Waals surface area contributed by atoms with Gasteiger partial charge in [0.05, 0.1) is 11.1 Å². The number of benzene rings is 2. The fraction of sp³-hybridized carbons (Fsp3) is 0.143. The topological polar surface area (TPSA) is 53.4 Å². The molecular formula is C21H15F3N2O3S. The summed E-state index contributed by atoms with van der Waals surface area (Å²) >= 11 is 1.08. The lowest BCUT2D eigenvalue weighted by molar-refractivity contribution is -0.139. The minimum absolute atomic E-state index is 0.0175. The molecule has 0 saturated heterocycles. The number of rotatable bonds is 5. The van der Waals surface area contributed by atoms with Crippen LogP contribution in [0.3, 0.4) is 0 Å². The summed E-state index contributed by atoms with van der Waals surface area (Å²) in [6.45, 7) is 1.50. The van der Waals surface area contributed by atoms with Crippen LogP contribution in [0, 0.1) is 0 Å². The van der Waals surface area contributed by atoms with E-state index in [2.05, 4.69) is 4.98 Å². The van der Waals surface area contributed by atoms with Crippen molar-refractivity contribution < 1.29 is 27.5 Å². The third-order valence-electron chi connectivity index (χ3n) is 4.42. The van der Waals surface area contributed by atoms with E-state index in [0.29, 0.717) is 11.0 Å². The molecule has 5 nitrogen and oxygen atoms in total. The number of hydrogen-bond donors (Lipinski definition) is 0. The standard InChI is InChI=1S/C21H15F3N2O3S/c1-13(14-6-2-3-7-15(14)21(22,23)24)28-18-10-11-30-19(18)20(27)29-26-12-25-16-8-4-5-9-17(16)26/h2-13H,1H3/t13-/m1/s1. The summed E-state index contributed by atoms with van der Waals surface area (Å²) < 4.78 is 46.9. The molecule has 9 heteroatoms. The Morgan fingerprint density at radius 1 is 1.10 bits per heavy atom. The summed E-state index contributed by atoms with van der Waals surface area (Å²) in [5.41, 5.74) is 0.473. The second-order valence-corrected chi connectivity index (χ2v) is 7.31. The highest BCUT2D eigenvalue weighted by Gasteiger charge is 2.35. The van der Waals surface area contributed by atoms with E-state index in [1.165, 1.54) is 42.2 Å². The minimum Gasteiger partial charge on any atom is -0.484 e. The molecule has 0 spiro atoms. The van der Waals surface area contributed by atoms with Gasteiger partial charge in [0.25, 0.3) is 0 Å². The summed E-state index contributed by atoms with van der Waals surface area (Å²) in [4.78, 5) is 22.3. The molecule has 0 unspecified atom stereocenters. The van der Waals surface area contributed by atoms with E-state index in [4.69, 9.17) is 9.57 Å². The lowest BCUT2D eigenvalue weighted by Gasteiger charge is -2.19. The summed E-state index contributed by atoms with van der Waals surface area (Å²) in [7, 11) is 0. The summed E-state index contributed by atoms with van der Waals surface area (Å²) in [5.74, 6) is -0.543. The monoisotopic (exact) mass is 432 g/mol. The van der Waals surface area contributed by atoms with Crippen molar-refractivity contribution in [2.45, 2.75) is 19.2 Å². The number of aromatic nitrogens is 2. The van der Waals surface area contributed by atoms with E-state index in [9.17, 15) is 18.0 Å². The van der Waals surface area contributed by atoms with Crippen LogP contribution in [0.2, 0.25) is 0 Å². The first kappa shape index (κ1) is 20.0. The maximum atomic E-state index is 13.3. The first-order valence-electron chi connectivity index (χ1n) is 8.89. The lowest BCUT2D eigenvalue weighted by atomic mass is 10.0. The van der Waals surface area contributed by atoms with Gasteiger partial charge in [-0.2, -0.15) is 17.9 Å². The maximum Gasteiger partial charge on any atom is 0.416 e. The number of thiophene rings is 1. The van der Waals surface area contributed by atoms with Gasteiger partial charge in [0.15, 0.2) is 4.88 Å². The van der Waals surface area contributed by atoms with Gasteiger partial charge < -0.3 is 9.57 Å². The van der Waals surface area contributed by atoms with Crippen molar-refractivity contribution in [2.75, 3.05) is 0 Å². The molecule has 0 amide bonds. The zero-order valence-electron chi connectivity index (χ0n) is 15.6. The molecule has 0 saturated carbocycles. The van der Waals surface area contributed by atoms with Gasteiger partial charge >= 0.3 is 12.1 Å². The summed E-state index contributed by atoms with van der Waals surface area (Å²) in [6, 6.07) is 13.8. The Hall–Kier alpha value is -3.33. The van der Waals surface area contributed by atoms with Crippen LogP contribution in [0.15, 0.2) is 66.3 Å². The Bertz CT molecular complexity index is 1200. The Morgan fingerprint density at radius 3 is 2.63 bits per heavy atom. The Morgan fingerprint density at radius 2 is 1.83 bits per heavy atom. The molecule has 0 bridgehead atoms. The molecule has 2 aromatic carbocycles. The highest BCUT2D eigenvalue weighted by molar-refractivity contribution is 7.12. The van der Waals surface area contributed by atoms with Crippen molar-refractivity contribution in [1.29, 1.82) is 0 Å². The molecule has 30 heavy (non-hydrogen) atoms. The van der Waals surface area contributed by atoms with Crippen molar-refractivity contribution in [2.24, 2.45) is 0 Å². The average Bonchev–Trinajstić information content (AvgIpc) is 3.34. The van der Waals surface area contributed by atoms with E-state index in [1.54, 1.807) is 23.6 Å². The average molecular weight is 432 g/mol. The Kier molecular flexibility index (Phi) is 5.21. The van der Waals surface area contributed by atoms with E-state index in [1.807, 2.05) is 6.07 Å². The predicted octanol–water partition coefficient (Wildman–Crippen LogP) is 5.53. The number of halogens is 3. The van der Waals surface area contributed by atoms with Crippen LogP contribution in [0.25, 0.3) is 11.0 Å². The number of carbonyl (C=O) groups excluding carboxylic acids is 1. The quantitative estimate of drug-likeness (QED) is 0.416. The number of imidazole rings is 1. The highest BCUT2D eigenvalue weighted by Crippen LogP contribution is 2.37. The number of hydrogen-bond acceptors (Lipinski definition) is 5. The van der Waals surface area contributed by atoms with E-state index in [0.717, 1.165) is 17.4 Å². The molecule has 0 aliphatic heterocycles.